The van der Waals surface area contributed by atoms with Gasteiger partial charge in [-0.25, -0.2) is 0 Å². The van der Waals surface area contributed by atoms with Crippen molar-refractivity contribution in [1.82, 2.24) is 9.80 Å². The average molecular weight is 284 g/mol. The number of nitrogens with zero attached hydrogens (tertiary/aromatic N) is 3. The smallest absolute Gasteiger partial charge is 0.267 e. The fourth-order valence-electron chi connectivity index (χ4n) is 2.19. The minimum atomic E-state index is -0.359. The molecule has 5 heteroatoms. The second-order valence-corrected chi connectivity index (χ2v) is 5.32. The lowest BCUT2D eigenvalue weighted by Crippen LogP contribution is -2.42. The first kappa shape index (κ1) is 15.1. The van der Waals surface area contributed by atoms with Crippen LogP contribution in [0.4, 0.5) is 5.69 Å². The Morgan fingerprint density at radius 3 is 2.67 bits per heavy atom. The molecule has 1 aromatic rings. The Labute approximate surface area is 125 Å². The van der Waals surface area contributed by atoms with Gasteiger partial charge in [0.15, 0.2) is 0 Å². The quantitative estimate of drug-likeness (QED) is 0.676. The van der Waals surface area contributed by atoms with Crippen molar-refractivity contribution >= 4 is 11.6 Å². The molecule has 1 amide bonds. The summed E-state index contributed by atoms with van der Waals surface area (Å²) in [5.41, 5.74) is 1.91. The molecule has 1 aromatic carbocycles. The first-order valence-electron chi connectivity index (χ1n) is 7.01. The van der Waals surface area contributed by atoms with Crippen molar-refractivity contribution in [3.05, 3.63) is 41.6 Å². The number of rotatable bonds is 3. The van der Waals surface area contributed by atoms with Crippen LogP contribution >= 0.6 is 0 Å². The Hall–Kier alpha value is -2.32. The first-order chi connectivity index (χ1) is 10.1. The molecule has 1 aliphatic rings. The van der Waals surface area contributed by atoms with Crippen LogP contribution in [-0.4, -0.2) is 48.9 Å². The number of piperazine rings is 1. The minimum Gasteiger partial charge on any atom is -0.374 e. The summed E-state index contributed by atoms with van der Waals surface area (Å²) in [6.45, 7) is 5.50. The standard InChI is InChI=1S/C16H20N4O/c1-13-4-3-5-15(10-13)18-16(21)14(11-17)12-20-8-6-19(2)7-9-20/h3-5,10,12H,6-9H2,1-2H3,(H,18,21)/b14-12-. The Balaban J connectivity index is 2.03. The van der Waals surface area contributed by atoms with E-state index < -0.39 is 0 Å². The molecule has 1 saturated heterocycles. The molecular weight excluding hydrogens is 264 g/mol. The number of hydrogen-bond acceptors (Lipinski definition) is 4. The number of nitrogens with one attached hydrogen (secondary N) is 1. The van der Waals surface area contributed by atoms with Gasteiger partial charge in [-0.05, 0) is 31.7 Å². The van der Waals surface area contributed by atoms with Crippen LogP contribution in [0.3, 0.4) is 0 Å². The predicted molar refractivity (Wildman–Crippen MR) is 82.6 cm³/mol. The highest BCUT2D eigenvalue weighted by Crippen LogP contribution is 2.11. The zero-order valence-corrected chi connectivity index (χ0v) is 12.5. The van der Waals surface area contributed by atoms with Gasteiger partial charge in [0.25, 0.3) is 5.91 Å². The Morgan fingerprint density at radius 2 is 2.05 bits per heavy atom. The molecule has 1 aliphatic heterocycles. The van der Waals surface area contributed by atoms with E-state index in [1.165, 1.54) is 0 Å². The zero-order valence-electron chi connectivity index (χ0n) is 12.5. The van der Waals surface area contributed by atoms with Crippen LogP contribution < -0.4 is 5.32 Å². The molecule has 1 N–H and O–H groups in total. The summed E-state index contributed by atoms with van der Waals surface area (Å²) in [6.07, 6.45) is 1.66. The molecule has 1 heterocycles. The Morgan fingerprint density at radius 1 is 1.33 bits per heavy atom. The SMILES string of the molecule is Cc1cccc(NC(=O)/C(C#N)=C\N2CCN(C)CC2)c1. The number of amides is 1. The number of aryl methyl sites for hydroxylation is 1. The molecule has 21 heavy (non-hydrogen) atoms. The van der Waals surface area contributed by atoms with Gasteiger partial charge in [0, 0.05) is 38.1 Å². The maximum atomic E-state index is 12.2. The van der Waals surface area contributed by atoms with Gasteiger partial charge in [-0.3, -0.25) is 4.79 Å². The van der Waals surface area contributed by atoms with E-state index >= 15 is 0 Å². The van der Waals surface area contributed by atoms with Crippen LogP contribution in [0.2, 0.25) is 0 Å². The van der Waals surface area contributed by atoms with E-state index in [2.05, 4.69) is 17.3 Å². The van der Waals surface area contributed by atoms with Crippen LogP contribution in [0, 0.1) is 18.3 Å². The van der Waals surface area contributed by atoms with Crippen molar-refractivity contribution < 1.29 is 4.79 Å². The van der Waals surface area contributed by atoms with Gasteiger partial charge < -0.3 is 15.1 Å². The van der Waals surface area contributed by atoms with E-state index in [0.717, 1.165) is 31.7 Å². The van der Waals surface area contributed by atoms with Gasteiger partial charge in [-0.2, -0.15) is 5.26 Å². The number of anilines is 1. The normalized spacial score (nSPS) is 16.4. The van der Waals surface area contributed by atoms with Gasteiger partial charge in [-0.1, -0.05) is 12.1 Å². The van der Waals surface area contributed by atoms with Crippen LogP contribution in [0.1, 0.15) is 5.56 Å². The fourth-order valence-corrected chi connectivity index (χ4v) is 2.19. The molecule has 0 aliphatic carbocycles. The zero-order chi connectivity index (χ0) is 15.2. The van der Waals surface area contributed by atoms with E-state index in [-0.39, 0.29) is 11.5 Å². The molecule has 2 rings (SSSR count). The predicted octanol–water partition coefficient (Wildman–Crippen LogP) is 1.59. The minimum absolute atomic E-state index is 0.140. The van der Waals surface area contributed by atoms with Crippen molar-refractivity contribution in [2.75, 3.05) is 38.5 Å². The lowest BCUT2D eigenvalue weighted by Gasteiger charge is -2.31. The molecular formula is C16H20N4O. The molecule has 110 valence electrons. The molecule has 1 fully saturated rings. The number of hydrogen-bond donors (Lipinski definition) is 1. The largest absolute Gasteiger partial charge is 0.374 e. The van der Waals surface area contributed by atoms with Crippen molar-refractivity contribution in [2.24, 2.45) is 0 Å². The maximum absolute atomic E-state index is 12.2. The number of likely N-dealkylation sites (N-methyl/N-ethyl adjacent to an activating group) is 1. The van der Waals surface area contributed by atoms with Crippen LogP contribution in [0.5, 0.6) is 0 Å². The van der Waals surface area contributed by atoms with Crippen molar-refractivity contribution in [2.45, 2.75) is 6.92 Å². The van der Waals surface area contributed by atoms with Crippen molar-refractivity contribution in [3.63, 3.8) is 0 Å². The summed E-state index contributed by atoms with van der Waals surface area (Å²) in [5, 5.41) is 12.0. The van der Waals surface area contributed by atoms with Crippen molar-refractivity contribution in [3.8, 4) is 6.07 Å². The van der Waals surface area contributed by atoms with Crippen molar-refractivity contribution in [1.29, 1.82) is 5.26 Å². The van der Waals surface area contributed by atoms with Gasteiger partial charge in [0.2, 0.25) is 0 Å². The van der Waals surface area contributed by atoms with E-state index in [9.17, 15) is 10.1 Å². The van der Waals surface area contributed by atoms with Gasteiger partial charge >= 0.3 is 0 Å². The summed E-state index contributed by atoms with van der Waals surface area (Å²) in [7, 11) is 2.07. The summed E-state index contributed by atoms with van der Waals surface area (Å²) in [4.78, 5) is 16.4. The highest BCUT2D eigenvalue weighted by Gasteiger charge is 2.15. The van der Waals surface area contributed by atoms with E-state index in [4.69, 9.17) is 0 Å². The van der Waals surface area contributed by atoms with Crippen LogP contribution in [0.15, 0.2) is 36.0 Å². The number of carbonyl (C=O) groups is 1. The lowest BCUT2D eigenvalue weighted by atomic mass is 10.2. The van der Waals surface area contributed by atoms with Crippen LogP contribution in [-0.2, 0) is 4.79 Å². The third kappa shape index (κ3) is 4.33. The van der Waals surface area contributed by atoms with Gasteiger partial charge in [0.1, 0.15) is 11.6 Å². The Bertz CT molecular complexity index is 580. The molecule has 0 saturated carbocycles. The third-order valence-electron chi connectivity index (χ3n) is 3.49. The van der Waals surface area contributed by atoms with E-state index in [0.29, 0.717) is 5.69 Å². The van der Waals surface area contributed by atoms with Crippen LogP contribution in [0.25, 0.3) is 0 Å². The maximum Gasteiger partial charge on any atom is 0.267 e. The highest BCUT2D eigenvalue weighted by molar-refractivity contribution is 6.06. The topological polar surface area (TPSA) is 59.4 Å². The fraction of sp³-hybridized carbons (Fsp3) is 0.375. The van der Waals surface area contributed by atoms with E-state index in [1.807, 2.05) is 42.2 Å². The summed E-state index contributed by atoms with van der Waals surface area (Å²) in [6, 6.07) is 9.52. The van der Waals surface area contributed by atoms with Gasteiger partial charge in [-0.15, -0.1) is 0 Å². The number of carbonyl (C=O) groups excluding carboxylic acids is 1. The summed E-state index contributed by atoms with van der Waals surface area (Å²) >= 11 is 0. The molecule has 0 bridgehead atoms. The molecule has 5 nitrogen and oxygen atoms in total. The highest BCUT2D eigenvalue weighted by atomic mass is 16.1. The molecule has 0 atom stereocenters. The summed E-state index contributed by atoms with van der Waals surface area (Å²) < 4.78 is 0. The second-order valence-electron chi connectivity index (χ2n) is 5.32. The number of benzene rings is 1. The lowest BCUT2D eigenvalue weighted by molar-refractivity contribution is -0.112. The summed E-state index contributed by atoms with van der Waals surface area (Å²) in [5.74, 6) is -0.359. The monoisotopic (exact) mass is 284 g/mol. The molecule has 0 unspecified atom stereocenters. The number of nitriles is 1. The Kier molecular flexibility index (Phi) is 4.96. The molecule has 0 aromatic heterocycles. The average Bonchev–Trinajstić information content (AvgIpc) is 2.46. The molecule has 0 spiro atoms. The second kappa shape index (κ2) is 6.91. The third-order valence-corrected chi connectivity index (χ3v) is 3.49. The molecule has 0 radical (unpaired) electrons. The van der Waals surface area contributed by atoms with E-state index in [1.54, 1.807) is 6.20 Å². The van der Waals surface area contributed by atoms with Gasteiger partial charge in [0.05, 0.1) is 0 Å². The first-order valence-corrected chi connectivity index (χ1v) is 7.01.